The molecule has 2 aromatic heterocycles. The van der Waals surface area contributed by atoms with Gasteiger partial charge < -0.3 is 0 Å². The zero-order chi connectivity index (χ0) is 20.6. The third kappa shape index (κ3) is 3.84. The quantitative estimate of drug-likeness (QED) is 0.519. The fraction of sp³-hybridized carbons (Fsp3) is 0.111. The summed E-state index contributed by atoms with van der Waals surface area (Å²) in [6, 6.07) is 6.18. The molecule has 0 bridgehead atoms. The van der Waals surface area contributed by atoms with Crippen molar-refractivity contribution in [2.75, 3.05) is 0 Å². The van der Waals surface area contributed by atoms with Gasteiger partial charge in [-0.15, -0.1) is 10.2 Å². The van der Waals surface area contributed by atoms with Crippen molar-refractivity contribution in [3.8, 4) is 0 Å². The van der Waals surface area contributed by atoms with E-state index < -0.39 is 23.4 Å². The van der Waals surface area contributed by atoms with E-state index in [1.54, 1.807) is 0 Å². The lowest BCUT2D eigenvalue weighted by Gasteiger charge is -2.08. The van der Waals surface area contributed by atoms with Crippen molar-refractivity contribution in [3.63, 3.8) is 0 Å². The average Bonchev–Trinajstić information content (AvgIpc) is 3.29. The van der Waals surface area contributed by atoms with E-state index in [-0.39, 0.29) is 23.4 Å². The second-order valence-electron chi connectivity index (χ2n) is 6.11. The summed E-state index contributed by atoms with van der Waals surface area (Å²) in [4.78, 5) is 0. The smallest absolute Gasteiger partial charge is 0.260 e. The maximum Gasteiger partial charge on any atom is 0.416 e. The number of nitrogens with zero attached hydrogens (tertiary/aromatic N) is 5. The van der Waals surface area contributed by atoms with Gasteiger partial charge in [-0.3, -0.25) is 4.68 Å². The number of aromatic amines is 1. The summed E-state index contributed by atoms with van der Waals surface area (Å²) < 4.78 is 67.9. The topological polar surface area (TPSA) is 72.3 Å². The largest absolute Gasteiger partial charge is 0.416 e. The van der Waals surface area contributed by atoms with Gasteiger partial charge in [0.05, 0.1) is 23.3 Å². The lowest BCUT2D eigenvalue weighted by molar-refractivity contribution is -0.137. The number of tetrazole rings is 1. The summed E-state index contributed by atoms with van der Waals surface area (Å²) in [6.45, 7) is -0.181. The predicted molar refractivity (Wildman–Crippen MR) is 93.3 cm³/mol. The van der Waals surface area contributed by atoms with Gasteiger partial charge in [0.15, 0.2) is 5.82 Å². The number of alkyl halides is 3. The van der Waals surface area contributed by atoms with Crippen LogP contribution < -0.4 is 0 Å². The molecule has 0 fully saturated rings. The molecule has 0 aliphatic rings. The molecule has 0 aliphatic heterocycles. The van der Waals surface area contributed by atoms with E-state index in [1.165, 1.54) is 29.0 Å². The van der Waals surface area contributed by atoms with Crippen LogP contribution in [0.5, 0.6) is 0 Å². The van der Waals surface area contributed by atoms with Gasteiger partial charge in [0.25, 0.3) is 0 Å². The summed E-state index contributed by atoms with van der Waals surface area (Å²) in [5, 5.41) is 17.9. The zero-order valence-electron chi connectivity index (χ0n) is 14.5. The van der Waals surface area contributed by atoms with E-state index in [1.807, 2.05) is 0 Å². The van der Waals surface area contributed by atoms with Crippen molar-refractivity contribution in [3.05, 3.63) is 70.7 Å². The lowest BCUT2D eigenvalue weighted by Crippen LogP contribution is -2.07. The van der Waals surface area contributed by atoms with E-state index in [0.717, 1.165) is 18.2 Å². The molecule has 4 aromatic rings. The first-order valence-electron chi connectivity index (χ1n) is 8.24. The minimum atomic E-state index is -4.55. The molecule has 0 saturated carbocycles. The van der Waals surface area contributed by atoms with Crippen LogP contribution in [-0.2, 0) is 12.7 Å². The second kappa shape index (κ2) is 7.08. The van der Waals surface area contributed by atoms with Gasteiger partial charge in [0.2, 0.25) is 0 Å². The monoisotopic (exact) mass is 406 g/mol. The fourth-order valence-electron chi connectivity index (χ4n) is 2.82. The van der Waals surface area contributed by atoms with E-state index in [4.69, 9.17) is 0 Å². The van der Waals surface area contributed by atoms with Crippen LogP contribution in [0.3, 0.4) is 0 Å². The number of benzene rings is 2. The minimum Gasteiger partial charge on any atom is -0.260 e. The third-order valence-corrected chi connectivity index (χ3v) is 4.19. The molecule has 1 N–H and O–H groups in total. The van der Waals surface area contributed by atoms with Gasteiger partial charge in [-0.1, -0.05) is 6.07 Å². The van der Waals surface area contributed by atoms with Crippen molar-refractivity contribution in [2.24, 2.45) is 0 Å². The first-order valence-corrected chi connectivity index (χ1v) is 8.24. The Morgan fingerprint density at radius 2 is 1.86 bits per heavy atom. The standard InChI is InChI=1S/C18H11F5N6/c19-12-3-1-10(14(20)8-12)9-29-16-7-11(18(21,22)23)2-4-13(16)15(26-29)5-6-17-24-27-28-25-17/h1-8H,9H2,(H,24,25,27,28). The Hall–Kier alpha value is -3.63. The average molecular weight is 406 g/mol. The van der Waals surface area contributed by atoms with Crippen molar-refractivity contribution in [2.45, 2.75) is 12.7 Å². The van der Waals surface area contributed by atoms with Crippen LogP contribution >= 0.6 is 0 Å². The number of hydrogen-bond acceptors (Lipinski definition) is 4. The van der Waals surface area contributed by atoms with Gasteiger partial charge >= 0.3 is 6.18 Å². The number of halogens is 5. The number of H-pyrrole nitrogens is 1. The molecule has 0 aliphatic carbocycles. The molecule has 4 rings (SSSR count). The van der Waals surface area contributed by atoms with Crippen LogP contribution in [0.15, 0.2) is 36.4 Å². The van der Waals surface area contributed by atoms with Gasteiger partial charge in [-0.05, 0) is 41.6 Å². The number of nitrogens with one attached hydrogen (secondary N) is 1. The van der Waals surface area contributed by atoms with E-state index >= 15 is 0 Å². The highest BCUT2D eigenvalue weighted by Crippen LogP contribution is 2.33. The summed E-state index contributed by atoms with van der Waals surface area (Å²) in [5.41, 5.74) is -0.293. The Labute approximate surface area is 159 Å². The summed E-state index contributed by atoms with van der Waals surface area (Å²) in [7, 11) is 0. The number of fused-ring (bicyclic) bond motifs is 1. The van der Waals surface area contributed by atoms with Crippen molar-refractivity contribution in [1.29, 1.82) is 0 Å². The SMILES string of the molecule is Fc1ccc(Cn2nc(C=Cc3nn[nH]n3)c3ccc(C(F)(F)F)cc32)c(F)c1. The molecule has 0 amide bonds. The molecule has 0 radical (unpaired) electrons. The first kappa shape index (κ1) is 18.7. The number of hydrogen-bond donors (Lipinski definition) is 1. The molecule has 2 heterocycles. The van der Waals surface area contributed by atoms with Crippen LogP contribution in [-0.4, -0.2) is 30.4 Å². The van der Waals surface area contributed by atoms with Crippen molar-refractivity contribution in [1.82, 2.24) is 30.4 Å². The highest BCUT2D eigenvalue weighted by Gasteiger charge is 2.31. The van der Waals surface area contributed by atoms with Crippen molar-refractivity contribution >= 4 is 23.1 Å². The maximum absolute atomic E-state index is 14.0. The molecule has 29 heavy (non-hydrogen) atoms. The molecule has 11 heteroatoms. The Balaban J connectivity index is 1.82. The molecule has 0 spiro atoms. The normalized spacial score (nSPS) is 12.3. The van der Waals surface area contributed by atoms with Crippen molar-refractivity contribution < 1.29 is 22.0 Å². The second-order valence-corrected chi connectivity index (χ2v) is 6.11. The van der Waals surface area contributed by atoms with Gasteiger partial charge in [-0.25, -0.2) is 8.78 Å². The molecular formula is C18H11F5N6. The molecule has 0 atom stereocenters. The molecular weight excluding hydrogens is 395 g/mol. The van der Waals surface area contributed by atoms with Gasteiger partial charge in [0.1, 0.15) is 11.6 Å². The lowest BCUT2D eigenvalue weighted by atomic mass is 10.1. The van der Waals surface area contributed by atoms with Gasteiger partial charge in [-0.2, -0.15) is 23.5 Å². The van der Waals surface area contributed by atoms with E-state index in [0.29, 0.717) is 17.1 Å². The van der Waals surface area contributed by atoms with Crippen LogP contribution in [0.1, 0.15) is 22.6 Å². The molecule has 2 aromatic carbocycles. The summed E-state index contributed by atoms with van der Waals surface area (Å²) in [6.07, 6.45) is -1.56. The van der Waals surface area contributed by atoms with Crippen LogP contribution in [0.2, 0.25) is 0 Å². The van der Waals surface area contributed by atoms with Crippen LogP contribution in [0, 0.1) is 11.6 Å². The molecule has 0 saturated heterocycles. The predicted octanol–water partition coefficient (Wildman–Crippen LogP) is 4.07. The summed E-state index contributed by atoms with van der Waals surface area (Å²) in [5.74, 6) is -1.31. The highest BCUT2D eigenvalue weighted by atomic mass is 19.4. The Kier molecular flexibility index (Phi) is 4.57. The van der Waals surface area contributed by atoms with E-state index in [2.05, 4.69) is 25.7 Å². The molecule has 6 nitrogen and oxygen atoms in total. The number of aromatic nitrogens is 6. The fourth-order valence-corrected chi connectivity index (χ4v) is 2.82. The first-order chi connectivity index (χ1) is 13.8. The molecule has 148 valence electrons. The minimum absolute atomic E-state index is 0.0851. The Morgan fingerprint density at radius 1 is 1.03 bits per heavy atom. The summed E-state index contributed by atoms with van der Waals surface area (Å²) >= 11 is 0. The zero-order valence-corrected chi connectivity index (χ0v) is 14.5. The van der Waals surface area contributed by atoms with E-state index in [9.17, 15) is 22.0 Å². The Bertz CT molecular complexity index is 1190. The van der Waals surface area contributed by atoms with Crippen LogP contribution in [0.25, 0.3) is 23.1 Å². The maximum atomic E-state index is 14.0. The Morgan fingerprint density at radius 3 is 2.55 bits per heavy atom. The highest BCUT2D eigenvalue weighted by molar-refractivity contribution is 5.90. The number of rotatable bonds is 4. The van der Waals surface area contributed by atoms with Crippen LogP contribution in [0.4, 0.5) is 22.0 Å². The van der Waals surface area contributed by atoms with Gasteiger partial charge in [0, 0.05) is 17.0 Å². The molecule has 0 unspecified atom stereocenters. The third-order valence-electron chi connectivity index (χ3n) is 4.19.